The number of ether oxygens (including phenoxy) is 1. The zero-order valence-electron chi connectivity index (χ0n) is 8.35. The number of unbranched alkanes of at least 4 members (excludes halogenated alkanes) is 5. The van der Waals surface area contributed by atoms with Crippen molar-refractivity contribution < 1.29 is 4.74 Å². The lowest BCUT2D eigenvalue weighted by Gasteiger charge is -2.06. The van der Waals surface area contributed by atoms with Crippen LogP contribution < -0.4 is 0 Å². The van der Waals surface area contributed by atoms with Crippen molar-refractivity contribution in [1.29, 1.82) is 0 Å². The zero-order chi connectivity index (χ0) is 9.23. The molecule has 1 nitrogen and oxygen atoms in total. The SMILES string of the molecule is [CH2]C([CH2])OCCCCCCCC. The van der Waals surface area contributed by atoms with Gasteiger partial charge in [-0.05, 0) is 20.3 Å². The number of hydrogen-bond donors (Lipinski definition) is 0. The topological polar surface area (TPSA) is 9.23 Å². The Labute approximate surface area is 77.5 Å². The van der Waals surface area contributed by atoms with E-state index in [9.17, 15) is 0 Å². The van der Waals surface area contributed by atoms with Crippen molar-refractivity contribution in [2.75, 3.05) is 6.61 Å². The fourth-order valence-electron chi connectivity index (χ4n) is 1.13. The molecule has 0 heterocycles. The minimum absolute atomic E-state index is 0.0966. The molecule has 0 N–H and O–H groups in total. The van der Waals surface area contributed by atoms with E-state index in [0.717, 1.165) is 13.0 Å². The van der Waals surface area contributed by atoms with Gasteiger partial charge in [0.1, 0.15) is 0 Å². The van der Waals surface area contributed by atoms with Crippen LogP contribution in [-0.4, -0.2) is 12.7 Å². The number of hydrogen-bond acceptors (Lipinski definition) is 1. The average Bonchev–Trinajstić information content (AvgIpc) is 2.02. The van der Waals surface area contributed by atoms with E-state index >= 15 is 0 Å². The van der Waals surface area contributed by atoms with Crippen LogP contribution in [0.15, 0.2) is 0 Å². The van der Waals surface area contributed by atoms with Crippen LogP contribution in [0.2, 0.25) is 0 Å². The van der Waals surface area contributed by atoms with Gasteiger partial charge in [-0.2, -0.15) is 0 Å². The van der Waals surface area contributed by atoms with Crippen molar-refractivity contribution in [2.45, 2.75) is 51.6 Å². The Kier molecular flexibility index (Phi) is 9.02. The molecule has 0 atom stereocenters. The van der Waals surface area contributed by atoms with Crippen molar-refractivity contribution in [3.8, 4) is 0 Å². The maximum Gasteiger partial charge on any atom is 0.0577 e. The van der Waals surface area contributed by atoms with Crippen LogP contribution in [0.4, 0.5) is 0 Å². The van der Waals surface area contributed by atoms with Crippen molar-refractivity contribution >= 4 is 0 Å². The first-order valence-corrected chi connectivity index (χ1v) is 5.05. The summed E-state index contributed by atoms with van der Waals surface area (Å²) in [6.07, 6.45) is 7.74. The maximum absolute atomic E-state index is 5.23. The second-order valence-electron chi connectivity index (χ2n) is 3.26. The summed E-state index contributed by atoms with van der Waals surface area (Å²) in [4.78, 5) is 0. The van der Waals surface area contributed by atoms with E-state index in [1.807, 2.05) is 0 Å². The monoisotopic (exact) mass is 170 g/mol. The molecule has 0 amide bonds. The Morgan fingerprint density at radius 3 is 2.17 bits per heavy atom. The first-order valence-electron chi connectivity index (χ1n) is 5.05. The third-order valence-electron chi connectivity index (χ3n) is 1.85. The molecule has 1 heteroatoms. The molecule has 0 aliphatic heterocycles. The summed E-state index contributed by atoms with van der Waals surface area (Å²) in [5.74, 6) is 0. The van der Waals surface area contributed by atoms with Gasteiger partial charge < -0.3 is 4.74 Å². The largest absolute Gasteiger partial charge is 0.378 e. The Bertz CT molecular complexity index is 79.1. The molecule has 0 saturated carbocycles. The predicted octanol–water partition coefficient (Wildman–Crippen LogP) is 3.40. The molecule has 0 unspecified atom stereocenters. The van der Waals surface area contributed by atoms with Crippen molar-refractivity contribution in [1.82, 2.24) is 0 Å². The van der Waals surface area contributed by atoms with Gasteiger partial charge in [-0.3, -0.25) is 0 Å². The van der Waals surface area contributed by atoms with Gasteiger partial charge in [0, 0.05) is 6.61 Å². The van der Waals surface area contributed by atoms with Crippen molar-refractivity contribution in [2.24, 2.45) is 0 Å². The molecule has 0 aliphatic rings. The lowest BCUT2D eigenvalue weighted by molar-refractivity contribution is 0.108. The van der Waals surface area contributed by atoms with Gasteiger partial charge in [-0.1, -0.05) is 39.0 Å². The normalized spacial score (nSPS) is 11.0. The minimum Gasteiger partial charge on any atom is -0.378 e. The highest BCUT2D eigenvalue weighted by atomic mass is 16.5. The van der Waals surface area contributed by atoms with Crippen molar-refractivity contribution in [3.63, 3.8) is 0 Å². The summed E-state index contributed by atoms with van der Waals surface area (Å²) < 4.78 is 5.23. The van der Waals surface area contributed by atoms with Crippen LogP contribution in [0.3, 0.4) is 0 Å². The average molecular weight is 170 g/mol. The molecular formula is C11H22O. The van der Waals surface area contributed by atoms with E-state index in [-0.39, 0.29) is 6.10 Å². The molecule has 0 rings (SSSR count). The lowest BCUT2D eigenvalue weighted by Crippen LogP contribution is -2.04. The van der Waals surface area contributed by atoms with E-state index < -0.39 is 0 Å². The first-order chi connectivity index (χ1) is 5.77. The van der Waals surface area contributed by atoms with E-state index in [1.165, 1.54) is 32.1 Å². The Hall–Kier alpha value is -0.0400. The first kappa shape index (κ1) is 12.0. The molecule has 0 aromatic carbocycles. The van der Waals surface area contributed by atoms with Crippen LogP contribution in [0, 0.1) is 13.8 Å². The molecule has 0 saturated heterocycles. The van der Waals surface area contributed by atoms with Gasteiger partial charge in [0.15, 0.2) is 0 Å². The van der Waals surface area contributed by atoms with Gasteiger partial charge in [-0.25, -0.2) is 0 Å². The van der Waals surface area contributed by atoms with Gasteiger partial charge in [-0.15, -0.1) is 0 Å². The summed E-state index contributed by atoms with van der Waals surface area (Å²) in [6, 6.07) is 0. The maximum atomic E-state index is 5.23. The van der Waals surface area contributed by atoms with Crippen LogP contribution >= 0.6 is 0 Å². The van der Waals surface area contributed by atoms with Gasteiger partial charge in [0.25, 0.3) is 0 Å². The highest BCUT2D eigenvalue weighted by Gasteiger charge is 1.93. The fourth-order valence-corrected chi connectivity index (χ4v) is 1.13. The molecule has 0 spiro atoms. The Balaban J connectivity index is 2.82. The highest BCUT2D eigenvalue weighted by molar-refractivity contribution is 4.60. The molecular weight excluding hydrogens is 148 g/mol. The van der Waals surface area contributed by atoms with E-state index in [0.29, 0.717) is 0 Å². The standard InChI is InChI=1S/C11H22O/c1-4-5-6-7-8-9-10-12-11(2)3/h11H,2-10H2,1H3. The molecule has 72 valence electrons. The molecule has 2 radical (unpaired) electrons. The summed E-state index contributed by atoms with van der Waals surface area (Å²) in [7, 11) is 0. The van der Waals surface area contributed by atoms with Crippen LogP contribution in [0.5, 0.6) is 0 Å². The fraction of sp³-hybridized carbons (Fsp3) is 0.818. The smallest absolute Gasteiger partial charge is 0.0577 e. The second kappa shape index (κ2) is 9.05. The zero-order valence-corrected chi connectivity index (χ0v) is 8.35. The summed E-state index contributed by atoms with van der Waals surface area (Å²) in [6.45, 7) is 10.4. The summed E-state index contributed by atoms with van der Waals surface area (Å²) >= 11 is 0. The highest BCUT2D eigenvalue weighted by Crippen LogP contribution is 2.05. The third kappa shape index (κ3) is 9.96. The van der Waals surface area contributed by atoms with Gasteiger partial charge in [0.05, 0.1) is 6.10 Å². The number of rotatable bonds is 8. The molecule has 0 fully saturated rings. The lowest BCUT2D eigenvalue weighted by atomic mass is 10.1. The van der Waals surface area contributed by atoms with E-state index in [4.69, 9.17) is 4.74 Å². The Morgan fingerprint density at radius 2 is 1.58 bits per heavy atom. The third-order valence-corrected chi connectivity index (χ3v) is 1.85. The van der Waals surface area contributed by atoms with Crippen LogP contribution in [-0.2, 0) is 4.74 Å². The molecule has 0 aromatic heterocycles. The predicted molar refractivity (Wildman–Crippen MR) is 53.8 cm³/mol. The van der Waals surface area contributed by atoms with Gasteiger partial charge >= 0.3 is 0 Å². The molecule has 0 bridgehead atoms. The second-order valence-corrected chi connectivity index (χ2v) is 3.26. The van der Waals surface area contributed by atoms with E-state index in [1.54, 1.807) is 0 Å². The minimum atomic E-state index is -0.0966. The summed E-state index contributed by atoms with van der Waals surface area (Å²) in [5, 5.41) is 0. The Morgan fingerprint density at radius 1 is 1.00 bits per heavy atom. The van der Waals surface area contributed by atoms with E-state index in [2.05, 4.69) is 20.8 Å². The van der Waals surface area contributed by atoms with Crippen molar-refractivity contribution in [3.05, 3.63) is 13.8 Å². The van der Waals surface area contributed by atoms with Crippen LogP contribution in [0.25, 0.3) is 0 Å². The quantitative estimate of drug-likeness (QED) is 0.507. The summed E-state index contributed by atoms with van der Waals surface area (Å²) in [5.41, 5.74) is 0. The molecule has 0 aromatic rings. The molecule has 12 heavy (non-hydrogen) atoms. The van der Waals surface area contributed by atoms with Gasteiger partial charge in [0.2, 0.25) is 0 Å². The molecule has 0 aliphatic carbocycles. The van der Waals surface area contributed by atoms with Crippen LogP contribution in [0.1, 0.15) is 45.4 Å².